The monoisotopic (exact) mass is 374 g/mol. The van der Waals surface area contributed by atoms with Crippen LogP contribution in [0.1, 0.15) is 25.3 Å². The highest BCUT2D eigenvalue weighted by Crippen LogP contribution is 2.23. The molecule has 1 aromatic heterocycles. The third-order valence-corrected chi connectivity index (χ3v) is 6.21. The van der Waals surface area contributed by atoms with Crippen molar-refractivity contribution in [3.05, 3.63) is 64.6 Å². The first-order chi connectivity index (χ1) is 12.4. The van der Waals surface area contributed by atoms with Crippen molar-refractivity contribution < 1.29 is 12.8 Å². The molecule has 0 saturated carbocycles. The second-order valence-electron chi connectivity index (χ2n) is 6.23. The number of hydrogen-bond donors (Lipinski definition) is 0. The summed E-state index contributed by atoms with van der Waals surface area (Å²) in [5, 5.41) is 0. The van der Waals surface area contributed by atoms with E-state index in [1.54, 1.807) is 13.1 Å². The van der Waals surface area contributed by atoms with E-state index in [0.29, 0.717) is 18.6 Å². The molecular formula is C19H22N2O4S. The Bertz CT molecular complexity index is 1050. The molecule has 0 aliphatic carbocycles. The zero-order chi connectivity index (χ0) is 18.7. The van der Waals surface area contributed by atoms with E-state index in [1.807, 2.05) is 37.3 Å². The van der Waals surface area contributed by atoms with Crippen molar-refractivity contribution in [1.29, 1.82) is 0 Å². The molecule has 0 aliphatic rings. The zero-order valence-corrected chi connectivity index (χ0v) is 15.7. The lowest BCUT2D eigenvalue weighted by atomic mass is 10.2. The van der Waals surface area contributed by atoms with Crippen LogP contribution in [0.4, 0.5) is 0 Å². The van der Waals surface area contributed by atoms with Gasteiger partial charge in [0.15, 0.2) is 5.58 Å². The molecule has 0 atom stereocenters. The van der Waals surface area contributed by atoms with Crippen LogP contribution in [0.15, 0.2) is 62.6 Å². The molecule has 0 aliphatic heterocycles. The molecule has 3 rings (SSSR count). The zero-order valence-electron chi connectivity index (χ0n) is 14.9. The molecule has 0 N–H and O–H groups in total. The minimum absolute atomic E-state index is 0.131. The first-order valence-corrected chi connectivity index (χ1v) is 10.0. The number of oxazole rings is 1. The van der Waals surface area contributed by atoms with Crippen LogP contribution in [0, 0.1) is 0 Å². The predicted octanol–water partition coefficient (Wildman–Crippen LogP) is 3.12. The van der Waals surface area contributed by atoms with Gasteiger partial charge in [-0.3, -0.25) is 4.57 Å². The fourth-order valence-corrected chi connectivity index (χ4v) is 4.31. The highest BCUT2D eigenvalue weighted by Gasteiger charge is 2.25. The van der Waals surface area contributed by atoms with Crippen LogP contribution >= 0.6 is 0 Å². The van der Waals surface area contributed by atoms with Crippen molar-refractivity contribution in [1.82, 2.24) is 8.87 Å². The predicted molar refractivity (Wildman–Crippen MR) is 100 cm³/mol. The minimum Gasteiger partial charge on any atom is -0.408 e. The van der Waals surface area contributed by atoms with Crippen LogP contribution in [-0.2, 0) is 23.6 Å². The lowest BCUT2D eigenvalue weighted by Gasteiger charge is -2.22. The molecule has 3 aromatic rings. The van der Waals surface area contributed by atoms with Gasteiger partial charge in [0.1, 0.15) is 0 Å². The van der Waals surface area contributed by atoms with Crippen LogP contribution in [0.5, 0.6) is 0 Å². The molecule has 0 amide bonds. The van der Waals surface area contributed by atoms with Crippen LogP contribution < -0.4 is 5.76 Å². The summed E-state index contributed by atoms with van der Waals surface area (Å²) in [5.74, 6) is -0.512. The molecule has 26 heavy (non-hydrogen) atoms. The SMILES string of the molecule is CCCCN(Cc1ccccc1)S(=O)(=O)c1ccc2c(c1)oc(=O)n2C. The van der Waals surface area contributed by atoms with Crippen LogP contribution in [0.2, 0.25) is 0 Å². The van der Waals surface area contributed by atoms with E-state index in [4.69, 9.17) is 4.42 Å². The molecule has 6 nitrogen and oxygen atoms in total. The number of fused-ring (bicyclic) bond motifs is 1. The summed E-state index contributed by atoms with van der Waals surface area (Å²) in [6.07, 6.45) is 1.67. The quantitative estimate of drug-likeness (QED) is 0.637. The van der Waals surface area contributed by atoms with Gasteiger partial charge in [0.25, 0.3) is 0 Å². The van der Waals surface area contributed by atoms with E-state index in [0.717, 1.165) is 18.4 Å². The third kappa shape index (κ3) is 3.59. The molecule has 0 unspecified atom stereocenters. The summed E-state index contributed by atoms with van der Waals surface area (Å²) in [4.78, 5) is 11.8. The van der Waals surface area contributed by atoms with Gasteiger partial charge in [-0.1, -0.05) is 43.7 Å². The van der Waals surface area contributed by atoms with Crippen LogP contribution in [0.25, 0.3) is 11.1 Å². The van der Waals surface area contributed by atoms with Crippen LogP contribution in [0.3, 0.4) is 0 Å². The van der Waals surface area contributed by atoms with E-state index >= 15 is 0 Å². The lowest BCUT2D eigenvalue weighted by molar-refractivity contribution is 0.398. The van der Waals surface area contributed by atoms with Crippen molar-refractivity contribution >= 4 is 21.1 Å². The number of sulfonamides is 1. The van der Waals surface area contributed by atoms with Gasteiger partial charge >= 0.3 is 5.76 Å². The summed E-state index contributed by atoms with van der Waals surface area (Å²) in [6.45, 7) is 2.77. The fraction of sp³-hybridized carbons (Fsp3) is 0.316. The average Bonchev–Trinajstić information content (AvgIpc) is 2.93. The van der Waals surface area contributed by atoms with E-state index in [2.05, 4.69) is 0 Å². The number of aromatic nitrogens is 1. The Morgan fingerprint density at radius 2 is 1.85 bits per heavy atom. The van der Waals surface area contributed by atoms with Crippen molar-refractivity contribution in [3.63, 3.8) is 0 Å². The molecule has 0 saturated heterocycles. The maximum Gasteiger partial charge on any atom is 0.419 e. The second kappa shape index (κ2) is 7.47. The highest BCUT2D eigenvalue weighted by atomic mass is 32.2. The molecule has 2 aromatic carbocycles. The normalized spacial score (nSPS) is 12.1. The molecule has 7 heteroatoms. The van der Waals surface area contributed by atoms with Gasteiger partial charge in [0, 0.05) is 26.2 Å². The Hall–Kier alpha value is -2.38. The molecule has 1 heterocycles. The smallest absolute Gasteiger partial charge is 0.408 e. The topological polar surface area (TPSA) is 72.5 Å². The van der Waals surface area contributed by atoms with Crippen LogP contribution in [-0.4, -0.2) is 23.8 Å². The maximum absolute atomic E-state index is 13.2. The Morgan fingerprint density at radius 3 is 2.54 bits per heavy atom. The summed E-state index contributed by atoms with van der Waals surface area (Å²) in [5.41, 5.74) is 1.77. The summed E-state index contributed by atoms with van der Waals surface area (Å²) in [7, 11) is -2.12. The Balaban J connectivity index is 1.99. The van der Waals surface area contributed by atoms with Gasteiger partial charge in [0.05, 0.1) is 10.4 Å². The molecule has 0 spiro atoms. The Labute approximate surface area is 152 Å². The van der Waals surface area contributed by atoms with E-state index in [1.165, 1.54) is 21.0 Å². The van der Waals surface area contributed by atoms with Crippen molar-refractivity contribution in [2.45, 2.75) is 31.2 Å². The Morgan fingerprint density at radius 1 is 1.12 bits per heavy atom. The molecule has 0 fully saturated rings. The largest absolute Gasteiger partial charge is 0.419 e. The number of nitrogens with zero attached hydrogens (tertiary/aromatic N) is 2. The molecule has 0 bridgehead atoms. The van der Waals surface area contributed by atoms with Gasteiger partial charge in [-0.2, -0.15) is 4.31 Å². The Kier molecular flexibility index (Phi) is 5.29. The van der Waals surface area contributed by atoms with E-state index in [9.17, 15) is 13.2 Å². The van der Waals surface area contributed by atoms with E-state index in [-0.39, 0.29) is 10.5 Å². The fourth-order valence-electron chi connectivity index (χ4n) is 2.83. The van der Waals surface area contributed by atoms with E-state index < -0.39 is 15.8 Å². The minimum atomic E-state index is -3.70. The number of hydrogen-bond acceptors (Lipinski definition) is 4. The maximum atomic E-state index is 13.2. The molecule has 0 radical (unpaired) electrons. The van der Waals surface area contributed by atoms with Gasteiger partial charge in [0.2, 0.25) is 10.0 Å². The number of benzene rings is 2. The molecular weight excluding hydrogens is 352 g/mol. The highest BCUT2D eigenvalue weighted by molar-refractivity contribution is 7.89. The average molecular weight is 374 g/mol. The number of aryl methyl sites for hydroxylation is 1. The van der Waals surface area contributed by atoms with Crippen molar-refractivity contribution in [2.75, 3.05) is 6.54 Å². The third-order valence-electron chi connectivity index (χ3n) is 4.36. The summed E-state index contributed by atoms with van der Waals surface area (Å²) in [6, 6.07) is 14.1. The number of rotatable bonds is 7. The second-order valence-corrected chi connectivity index (χ2v) is 8.17. The first kappa shape index (κ1) is 18.4. The summed E-state index contributed by atoms with van der Waals surface area (Å²) >= 11 is 0. The van der Waals surface area contributed by atoms with Gasteiger partial charge in [-0.25, -0.2) is 13.2 Å². The van der Waals surface area contributed by atoms with Gasteiger partial charge in [-0.15, -0.1) is 0 Å². The van der Waals surface area contributed by atoms with Gasteiger partial charge < -0.3 is 4.42 Å². The first-order valence-electron chi connectivity index (χ1n) is 8.57. The number of unbranched alkanes of at least 4 members (excludes halogenated alkanes) is 1. The summed E-state index contributed by atoms with van der Waals surface area (Å²) < 4.78 is 34.3. The van der Waals surface area contributed by atoms with Crippen molar-refractivity contribution in [3.8, 4) is 0 Å². The molecule has 138 valence electrons. The lowest BCUT2D eigenvalue weighted by Crippen LogP contribution is -2.31. The van der Waals surface area contributed by atoms with Gasteiger partial charge in [-0.05, 0) is 24.1 Å². The van der Waals surface area contributed by atoms with Crippen molar-refractivity contribution in [2.24, 2.45) is 7.05 Å². The standard InChI is InChI=1S/C19H22N2O4S/c1-3-4-12-21(14-15-8-6-5-7-9-15)26(23,24)16-10-11-17-18(13-16)25-19(22)20(17)2/h5-11,13H,3-4,12,14H2,1-2H3.